The zero-order valence-electron chi connectivity index (χ0n) is 21.2. The number of likely N-dealkylation sites (tertiary alicyclic amines) is 1. The molecular weight excluding hydrogens is 514 g/mol. The van der Waals surface area contributed by atoms with Gasteiger partial charge in [0.1, 0.15) is 5.82 Å². The van der Waals surface area contributed by atoms with Crippen molar-refractivity contribution in [3.05, 3.63) is 52.3 Å². The number of amides is 1. The van der Waals surface area contributed by atoms with Crippen LogP contribution in [0.3, 0.4) is 0 Å². The zero-order valence-corrected chi connectivity index (χ0v) is 22.8. The molecule has 2 saturated heterocycles. The molecule has 198 valence electrons. The minimum atomic E-state index is -3.57. The molecule has 2 aliphatic heterocycles. The molecule has 12 heteroatoms. The van der Waals surface area contributed by atoms with Gasteiger partial charge in [-0.15, -0.1) is 0 Å². The van der Waals surface area contributed by atoms with E-state index in [0.717, 1.165) is 67.9 Å². The van der Waals surface area contributed by atoms with Crippen molar-refractivity contribution < 1.29 is 13.2 Å². The minimum absolute atomic E-state index is 0.212. The largest absolute Gasteiger partial charge is 0.355 e. The lowest BCUT2D eigenvalue weighted by Gasteiger charge is -2.40. The molecule has 3 aromatic rings. The van der Waals surface area contributed by atoms with Crippen LogP contribution in [0.1, 0.15) is 46.9 Å². The van der Waals surface area contributed by atoms with Gasteiger partial charge in [0.25, 0.3) is 5.91 Å². The van der Waals surface area contributed by atoms with Gasteiger partial charge in [-0.05, 0) is 51.4 Å². The SMILES string of the molecule is CNCC1CN(c2nc3cc(C4CCCCN4C(=O)c4cc(Cl)ccc4NS(C)(=O)=O)nn3cc2C)C1. The van der Waals surface area contributed by atoms with Crippen molar-refractivity contribution in [2.75, 3.05) is 49.1 Å². The van der Waals surface area contributed by atoms with Crippen LogP contribution in [-0.2, 0) is 10.0 Å². The van der Waals surface area contributed by atoms with Crippen molar-refractivity contribution >= 4 is 44.7 Å². The van der Waals surface area contributed by atoms with E-state index in [9.17, 15) is 13.2 Å². The highest BCUT2D eigenvalue weighted by atomic mass is 35.5. The lowest BCUT2D eigenvalue weighted by molar-refractivity contribution is 0.0607. The Bertz CT molecular complexity index is 1440. The lowest BCUT2D eigenvalue weighted by Crippen LogP contribution is -2.51. The third-order valence-electron chi connectivity index (χ3n) is 6.99. The Morgan fingerprint density at radius 3 is 2.73 bits per heavy atom. The number of benzene rings is 1. The first-order valence-electron chi connectivity index (χ1n) is 12.5. The summed E-state index contributed by atoms with van der Waals surface area (Å²) in [6, 6.07) is 6.30. The maximum Gasteiger partial charge on any atom is 0.256 e. The predicted molar refractivity (Wildman–Crippen MR) is 145 cm³/mol. The van der Waals surface area contributed by atoms with Crippen LogP contribution >= 0.6 is 11.6 Å². The average molecular weight is 546 g/mol. The number of sulfonamides is 1. The topological polar surface area (TPSA) is 112 Å². The number of rotatable bonds is 7. The summed E-state index contributed by atoms with van der Waals surface area (Å²) in [5.41, 5.74) is 3.00. The molecule has 0 saturated carbocycles. The standard InChI is InChI=1S/C25H32ClN7O3S/c1-16-13-33-23(28-24(16)31-14-17(15-31)12-27-2)11-21(29-33)22-6-4-5-9-32(22)25(34)19-10-18(26)7-8-20(19)30-37(3,35)36/h7-8,10-11,13,17,22,27,30H,4-6,9,12,14-15H2,1-3H3. The number of halogens is 1. The second-order valence-corrected chi connectivity index (χ2v) is 12.2. The van der Waals surface area contributed by atoms with Crippen LogP contribution in [0.4, 0.5) is 11.5 Å². The third kappa shape index (κ3) is 5.39. The fraction of sp³-hybridized carbons (Fsp3) is 0.480. The number of hydrogen-bond donors (Lipinski definition) is 2. The highest BCUT2D eigenvalue weighted by molar-refractivity contribution is 7.92. The van der Waals surface area contributed by atoms with E-state index in [1.54, 1.807) is 15.5 Å². The summed E-state index contributed by atoms with van der Waals surface area (Å²) >= 11 is 6.20. The zero-order chi connectivity index (χ0) is 26.3. The molecule has 2 aromatic heterocycles. The second kappa shape index (κ2) is 10.1. The molecule has 10 nitrogen and oxygen atoms in total. The van der Waals surface area contributed by atoms with Gasteiger partial charge in [0.15, 0.2) is 5.65 Å². The molecule has 37 heavy (non-hydrogen) atoms. The summed E-state index contributed by atoms with van der Waals surface area (Å²) in [5.74, 6) is 1.31. The number of piperidine rings is 1. The highest BCUT2D eigenvalue weighted by Crippen LogP contribution is 2.34. The van der Waals surface area contributed by atoms with E-state index in [0.29, 0.717) is 17.5 Å². The molecule has 0 spiro atoms. The number of aromatic nitrogens is 3. The average Bonchev–Trinajstić information content (AvgIpc) is 3.23. The molecule has 2 aliphatic rings. The van der Waals surface area contributed by atoms with Gasteiger partial charge in [0.2, 0.25) is 10.0 Å². The first-order valence-corrected chi connectivity index (χ1v) is 14.7. The highest BCUT2D eigenvalue weighted by Gasteiger charge is 2.33. The van der Waals surface area contributed by atoms with Gasteiger partial charge in [-0.2, -0.15) is 5.10 Å². The molecule has 1 atom stereocenters. The molecular formula is C25H32ClN7O3S. The van der Waals surface area contributed by atoms with E-state index in [1.165, 1.54) is 12.1 Å². The number of fused-ring (bicyclic) bond motifs is 1. The smallest absolute Gasteiger partial charge is 0.256 e. The first-order chi connectivity index (χ1) is 17.6. The maximum atomic E-state index is 13.8. The Morgan fingerprint density at radius 2 is 2.00 bits per heavy atom. The van der Waals surface area contributed by atoms with E-state index in [1.807, 2.05) is 26.2 Å². The van der Waals surface area contributed by atoms with Gasteiger partial charge in [0, 0.05) is 54.9 Å². The number of aryl methyl sites for hydroxylation is 1. The van der Waals surface area contributed by atoms with Crippen molar-refractivity contribution in [2.24, 2.45) is 5.92 Å². The lowest BCUT2D eigenvalue weighted by atomic mass is 9.98. The van der Waals surface area contributed by atoms with Crippen LogP contribution in [0.2, 0.25) is 5.02 Å². The van der Waals surface area contributed by atoms with E-state index in [-0.39, 0.29) is 23.2 Å². The number of anilines is 2. The molecule has 1 amide bonds. The van der Waals surface area contributed by atoms with Gasteiger partial charge in [-0.25, -0.2) is 17.9 Å². The van der Waals surface area contributed by atoms with Gasteiger partial charge < -0.3 is 15.1 Å². The van der Waals surface area contributed by atoms with Crippen LogP contribution < -0.4 is 14.9 Å². The van der Waals surface area contributed by atoms with Gasteiger partial charge in [-0.1, -0.05) is 11.6 Å². The summed E-state index contributed by atoms with van der Waals surface area (Å²) in [6.07, 6.45) is 5.63. The Balaban J connectivity index is 1.44. The Morgan fingerprint density at radius 1 is 1.22 bits per heavy atom. The normalized spacial score (nSPS) is 18.8. The van der Waals surface area contributed by atoms with Crippen LogP contribution in [0.5, 0.6) is 0 Å². The molecule has 0 aliphatic carbocycles. The van der Waals surface area contributed by atoms with Crippen LogP contribution in [0, 0.1) is 12.8 Å². The Kier molecular flexibility index (Phi) is 7.03. The Labute approximate surface area is 222 Å². The fourth-order valence-electron chi connectivity index (χ4n) is 5.28. The second-order valence-electron chi connectivity index (χ2n) is 10.0. The summed E-state index contributed by atoms with van der Waals surface area (Å²) in [5, 5.41) is 8.40. The quantitative estimate of drug-likeness (QED) is 0.469. The number of hydrogen-bond acceptors (Lipinski definition) is 7. The molecule has 0 radical (unpaired) electrons. The minimum Gasteiger partial charge on any atom is -0.355 e. The van der Waals surface area contributed by atoms with Crippen LogP contribution in [0.15, 0.2) is 30.5 Å². The summed E-state index contributed by atoms with van der Waals surface area (Å²) in [7, 11) is -1.60. The molecule has 0 bridgehead atoms. The molecule has 4 heterocycles. The molecule has 2 fully saturated rings. The molecule has 5 rings (SSSR count). The van der Waals surface area contributed by atoms with Crippen molar-refractivity contribution in [2.45, 2.75) is 32.2 Å². The maximum absolute atomic E-state index is 13.8. The van der Waals surface area contributed by atoms with Crippen LogP contribution in [-0.4, -0.2) is 73.3 Å². The van der Waals surface area contributed by atoms with Crippen molar-refractivity contribution in [3.8, 4) is 0 Å². The number of nitrogens with zero attached hydrogens (tertiary/aromatic N) is 5. The van der Waals surface area contributed by atoms with Crippen molar-refractivity contribution in [1.29, 1.82) is 0 Å². The number of nitrogens with one attached hydrogen (secondary N) is 2. The molecule has 2 N–H and O–H groups in total. The predicted octanol–water partition coefficient (Wildman–Crippen LogP) is 3.09. The van der Waals surface area contributed by atoms with E-state index < -0.39 is 10.0 Å². The van der Waals surface area contributed by atoms with Gasteiger partial charge in [0.05, 0.1) is 29.2 Å². The monoisotopic (exact) mass is 545 g/mol. The van der Waals surface area contributed by atoms with E-state index >= 15 is 0 Å². The van der Waals surface area contributed by atoms with Crippen molar-refractivity contribution in [3.63, 3.8) is 0 Å². The summed E-state index contributed by atoms with van der Waals surface area (Å²) < 4.78 is 28.0. The number of carbonyl (C=O) groups excluding carboxylic acids is 1. The molecule has 1 aromatic carbocycles. The summed E-state index contributed by atoms with van der Waals surface area (Å²) in [4.78, 5) is 22.7. The van der Waals surface area contributed by atoms with E-state index in [2.05, 4.69) is 14.9 Å². The van der Waals surface area contributed by atoms with Gasteiger partial charge >= 0.3 is 0 Å². The first kappa shape index (κ1) is 25.7. The fourth-order valence-corrected chi connectivity index (χ4v) is 6.03. The summed E-state index contributed by atoms with van der Waals surface area (Å²) in [6.45, 7) is 5.52. The third-order valence-corrected chi connectivity index (χ3v) is 7.81. The number of carbonyl (C=O) groups is 1. The van der Waals surface area contributed by atoms with Crippen LogP contribution in [0.25, 0.3) is 5.65 Å². The van der Waals surface area contributed by atoms with Crippen molar-refractivity contribution in [1.82, 2.24) is 24.8 Å². The van der Waals surface area contributed by atoms with E-state index in [4.69, 9.17) is 21.7 Å². The van der Waals surface area contributed by atoms with Gasteiger partial charge in [-0.3, -0.25) is 9.52 Å². The Hall–Kier alpha value is -2.89. The molecule has 1 unspecified atom stereocenters.